The van der Waals surface area contributed by atoms with Gasteiger partial charge in [-0.25, -0.2) is 8.78 Å². The molecule has 27 heavy (non-hydrogen) atoms. The molecule has 0 bridgehead atoms. The van der Waals surface area contributed by atoms with Crippen LogP contribution in [0.2, 0.25) is 0 Å². The van der Waals surface area contributed by atoms with Crippen molar-refractivity contribution in [1.82, 2.24) is 0 Å². The van der Waals surface area contributed by atoms with Crippen molar-refractivity contribution < 1.29 is 18.4 Å². The Morgan fingerprint density at radius 3 is 1.96 bits per heavy atom. The summed E-state index contributed by atoms with van der Waals surface area (Å²) in [5.41, 5.74) is 1.66. The number of hydrogen-bond acceptors (Lipinski definition) is 2. The van der Waals surface area contributed by atoms with Crippen LogP contribution in [0, 0.1) is 11.6 Å². The monoisotopic (exact) mass is 432 g/mol. The number of nitrogens with one attached hydrogen (secondary N) is 2. The maximum atomic E-state index is 13.5. The minimum Gasteiger partial charge on any atom is -0.323 e. The van der Waals surface area contributed by atoms with Gasteiger partial charge in [0.05, 0.1) is 22.2 Å². The Bertz CT molecular complexity index is 1030. The number of benzene rings is 2. The third-order valence-electron chi connectivity index (χ3n) is 5.95. The van der Waals surface area contributed by atoms with Crippen molar-refractivity contribution in [3.05, 3.63) is 57.6 Å². The fourth-order valence-corrected chi connectivity index (χ4v) is 4.51. The van der Waals surface area contributed by atoms with E-state index in [1.165, 1.54) is 12.1 Å². The third kappa shape index (κ3) is 2.30. The Balaban J connectivity index is 0.000000119. The summed E-state index contributed by atoms with van der Waals surface area (Å²) in [4.78, 5) is 23.1. The zero-order valence-electron chi connectivity index (χ0n) is 14.2. The Kier molecular flexibility index (Phi) is 3.36. The summed E-state index contributed by atoms with van der Waals surface area (Å²) < 4.78 is 27.4. The summed E-state index contributed by atoms with van der Waals surface area (Å²) in [5, 5.41) is 5.22. The van der Waals surface area contributed by atoms with Gasteiger partial charge in [0.25, 0.3) is 0 Å². The lowest BCUT2D eigenvalue weighted by Crippen LogP contribution is -2.18. The number of halogens is 3. The molecule has 2 aliphatic carbocycles. The number of carbonyl (C=O) groups is 2. The van der Waals surface area contributed by atoms with Crippen molar-refractivity contribution in [2.24, 2.45) is 0 Å². The van der Waals surface area contributed by atoms with Crippen LogP contribution < -0.4 is 10.6 Å². The zero-order chi connectivity index (χ0) is 19.0. The van der Waals surface area contributed by atoms with Crippen LogP contribution in [0.15, 0.2) is 34.8 Å². The minimum absolute atomic E-state index is 0.0346. The highest BCUT2D eigenvalue weighted by atomic mass is 79.9. The second kappa shape index (κ2) is 5.38. The summed E-state index contributed by atoms with van der Waals surface area (Å²) in [6.07, 6.45) is 3.38. The molecule has 2 heterocycles. The minimum atomic E-state index is -0.403. The number of anilines is 2. The van der Waals surface area contributed by atoms with Crippen LogP contribution in [0.25, 0.3) is 0 Å². The van der Waals surface area contributed by atoms with Crippen LogP contribution in [0.3, 0.4) is 0 Å². The number of carbonyl (C=O) groups excluding carboxylic acids is 2. The predicted molar refractivity (Wildman–Crippen MR) is 99.6 cm³/mol. The lowest BCUT2D eigenvalue weighted by molar-refractivity contribution is -0.118. The van der Waals surface area contributed by atoms with E-state index in [9.17, 15) is 18.4 Å². The second-order valence-corrected chi connectivity index (χ2v) is 8.46. The average molecular weight is 433 g/mol. The van der Waals surface area contributed by atoms with Gasteiger partial charge in [0, 0.05) is 4.47 Å². The fourth-order valence-electron chi connectivity index (χ4n) is 4.08. The highest BCUT2D eigenvalue weighted by molar-refractivity contribution is 9.10. The lowest BCUT2D eigenvalue weighted by Gasteiger charge is -2.04. The van der Waals surface area contributed by atoms with Crippen LogP contribution in [-0.2, 0) is 20.4 Å². The molecule has 0 atom stereocenters. The van der Waals surface area contributed by atoms with E-state index in [0.717, 1.165) is 36.8 Å². The Morgan fingerprint density at radius 2 is 1.37 bits per heavy atom. The normalized spacial score (nSPS) is 21.1. The molecule has 2 fully saturated rings. The number of hydrogen-bond donors (Lipinski definition) is 2. The molecular formula is C20H15BrF2N2O2. The fraction of sp³-hybridized carbons (Fsp3) is 0.300. The lowest BCUT2D eigenvalue weighted by atomic mass is 9.98. The summed E-state index contributed by atoms with van der Waals surface area (Å²) in [7, 11) is 0. The summed E-state index contributed by atoms with van der Waals surface area (Å²) in [6.45, 7) is 0. The molecule has 0 saturated heterocycles. The van der Waals surface area contributed by atoms with Gasteiger partial charge in [0.2, 0.25) is 11.8 Å². The summed E-state index contributed by atoms with van der Waals surface area (Å²) in [6, 6.07) is 8.09. The van der Waals surface area contributed by atoms with E-state index < -0.39 is 5.41 Å². The van der Waals surface area contributed by atoms with Gasteiger partial charge in [-0.3, -0.25) is 9.59 Å². The standard InChI is InChI=1S/C10H7BrFNO.C10H8FNO/c11-5-3-6-8(7(12)4-5)13-9(14)10(6)1-2-10;11-7-3-1-2-6-8(7)12-9(13)10(6)4-5-10/h3-4H,1-2H2,(H,13,14);1-3H,4-5H2,(H,12,13). The number of amides is 2. The number of rotatable bonds is 0. The maximum Gasteiger partial charge on any atom is 0.235 e. The summed E-state index contributed by atoms with van der Waals surface area (Å²) >= 11 is 3.24. The van der Waals surface area contributed by atoms with E-state index in [1.54, 1.807) is 6.07 Å². The summed E-state index contributed by atoms with van der Waals surface area (Å²) in [5.74, 6) is -0.766. The first-order valence-corrected chi connectivity index (χ1v) is 9.58. The van der Waals surface area contributed by atoms with E-state index in [-0.39, 0.29) is 28.9 Å². The topological polar surface area (TPSA) is 58.2 Å². The average Bonchev–Trinajstić information content (AvgIpc) is 3.50. The molecule has 7 heteroatoms. The largest absolute Gasteiger partial charge is 0.323 e. The first kappa shape index (κ1) is 16.9. The van der Waals surface area contributed by atoms with Crippen molar-refractivity contribution >= 4 is 39.1 Å². The van der Waals surface area contributed by atoms with Crippen LogP contribution in [0.5, 0.6) is 0 Å². The molecule has 0 aromatic heterocycles. The molecule has 6 rings (SSSR count). The van der Waals surface area contributed by atoms with Gasteiger partial charge in [-0.15, -0.1) is 0 Å². The first-order chi connectivity index (χ1) is 12.9. The predicted octanol–water partition coefficient (Wildman–Crippen LogP) is 4.38. The van der Waals surface area contributed by atoms with E-state index in [0.29, 0.717) is 15.8 Å². The van der Waals surface area contributed by atoms with Gasteiger partial charge >= 0.3 is 0 Å². The molecule has 0 unspecified atom stereocenters. The quantitative estimate of drug-likeness (QED) is 0.648. The number of fused-ring (bicyclic) bond motifs is 4. The zero-order valence-corrected chi connectivity index (χ0v) is 15.8. The van der Waals surface area contributed by atoms with E-state index >= 15 is 0 Å². The van der Waals surface area contributed by atoms with Gasteiger partial charge in [0.15, 0.2) is 0 Å². The molecular weight excluding hydrogens is 418 g/mol. The van der Waals surface area contributed by atoms with Crippen molar-refractivity contribution in [2.75, 3.05) is 10.6 Å². The molecule has 4 nitrogen and oxygen atoms in total. The van der Waals surface area contributed by atoms with Crippen LogP contribution in [0.1, 0.15) is 36.8 Å². The van der Waals surface area contributed by atoms with Crippen LogP contribution >= 0.6 is 15.9 Å². The van der Waals surface area contributed by atoms with Gasteiger partial charge in [-0.05, 0) is 55.0 Å². The second-order valence-electron chi connectivity index (χ2n) is 7.55. The molecule has 4 aliphatic rings. The molecule has 2 aliphatic heterocycles. The molecule has 138 valence electrons. The van der Waals surface area contributed by atoms with Gasteiger partial charge < -0.3 is 10.6 Å². The van der Waals surface area contributed by atoms with E-state index in [2.05, 4.69) is 26.6 Å². The number of para-hydroxylation sites is 1. The first-order valence-electron chi connectivity index (χ1n) is 8.79. The Morgan fingerprint density at radius 1 is 0.815 bits per heavy atom. The molecule has 2 spiro atoms. The van der Waals surface area contributed by atoms with Gasteiger partial charge in [-0.1, -0.05) is 28.1 Å². The molecule has 2 N–H and O–H groups in total. The van der Waals surface area contributed by atoms with Crippen LogP contribution in [0.4, 0.5) is 20.2 Å². The third-order valence-corrected chi connectivity index (χ3v) is 6.40. The Hall–Kier alpha value is -2.28. The van der Waals surface area contributed by atoms with Crippen molar-refractivity contribution in [1.29, 1.82) is 0 Å². The smallest absolute Gasteiger partial charge is 0.235 e. The molecule has 2 saturated carbocycles. The van der Waals surface area contributed by atoms with Crippen molar-refractivity contribution in [2.45, 2.75) is 36.5 Å². The SMILES string of the molecule is O=C1Nc2c(F)cc(Br)cc2C12CC2.O=C1Nc2c(F)cccc2C12CC2. The van der Waals surface area contributed by atoms with Gasteiger partial charge in [-0.2, -0.15) is 0 Å². The highest BCUT2D eigenvalue weighted by Crippen LogP contribution is 2.56. The van der Waals surface area contributed by atoms with E-state index in [4.69, 9.17) is 0 Å². The van der Waals surface area contributed by atoms with Crippen molar-refractivity contribution in [3.63, 3.8) is 0 Å². The maximum absolute atomic E-state index is 13.5. The molecule has 2 aromatic rings. The molecule has 2 amide bonds. The van der Waals surface area contributed by atoms with Gasteiger partial charge in [0.1, 0.15) is 11.6 Å². The molecule has 0 radical (unpaired) electrons. The van der Waals surface area contributed by atoms with E-state index in [1.807, 2.05) is 12.1 Å². The molecule has 2 aromatic carbocycles. The highest BCUT2D eigenvalue weighted by Gasteiger charge is 2.57. The van der Waals surface area contributed by atoms with Crippen molar-refractivity contribution in [3.8, 4) is 0 Å². The van der Waals surface area contributed by atoms with Crippen LogP contribution in [-0.4, -0.2) is 11.8 Å². The Labute approximate surface area is 162 Å².